The SMILES string of the molecule is COC[C@@H](NC(=O)c1nn2cc(-c3ccc(Cl)c(C)c3)[nH]c(=O)c2c1C1CC1)c1ccccc1. The van der Waals surface area contributed by atoms with Crippen molar-refractivity contribution in [1.82, 2.24) is 19.9 Å². The molecule has 2 N–H and O–H groups in total. The molecule has 0 unspecified atom stereocenters. The summed E-state index contributed by atoms with van der Waals surface area (Å²) in [7, 11) is 1.60. The van der Waals surface area contributed by atoms with E-state index in [9.17, 15) is 9.59 Å². The van der Waals surface area contributed by atoms with Crippen LogP contribution in [0.2, 0.25) is 5.02 Å². The second-order valence-electron chi connectivity index (χ2n) is 8.68. The number of carbonyl (C=O) groups excluding carboxylic acids is 1. The van der Waals surface area contributed by atoms with Gasteiger partial charge in [-0.1, -0.05) is 48.0 Å². The number of hydrogen-bond donors (Lipinski definition) is 2. The summed E-state index contributed by atoms with van der Waals surface area (Å²) in [6.07, 6.45) is 3.62. The summed E-state index contributed by atoms with van der Waals surface area (Å²) >= 11 is 6.16. The summed E-state index contributed by atoms with van der Waals surface area (Å²) in [6, 6.07) is 14.9. The summed E-state index contributed by atoms with van der Waals surface area (Å²) in [5.74, 6) is -0.166. The highest BCUT2D eigenvalue weighted by molar-refractivity contribution is 6.31. The van der Waals surface area contributed by atoms with Gasteiger partial charge in [0.1, 0.15) is 5.52 Å². The van der Waals surface area contributed by atoms with E-state index in [4.69, 9.17) is 16.3 Å². The molecule has 2 aromatic heterocycles. The lowest BCUT2D eigenvalue weighted by Crippen LogP contribution is -2.32. The third kappa shape index (κ3) is 4.24. The number of methoxy groups -OCH3 is 1. The maximum atomic E-state index is 13.4. The fourth-order valence-corrected chi connectivity index (χ4v) is 4.41. The van der Waals surface area contributed by atoms with Crippen LogP contribution in [0.1, 0.15) is 52.0 Å². The van der Waals surface area contributed by atoms with Crippen LogP contribution in [-0.2, 0) is 4.74 Å². The molecule has 1 aliphatic carbocycles. The van der Waals surface area contributed by atoms with Crippen LogP contribution >= 0.6 is 11.6 Å². The van der Waals surface area contributed by atoms with Gasteiger partial charge in [0.2, 0.25) is 0 Å². The molecule has 1 amide bonds. The number of H-pyrrole nitrogens is 1. The molecule has 8 heteroatoms. The summed E-state index contributed by atoms with van der Waals surface area (Å²) < 4.78 is 6.88. The number of aromatic amines is 1. The maximum absolute atomic E-state index is 13.4. The van der Waals surface area contributed by atoms with Crippen LogP contribution < -0.4 is 10.9 Å². The lowest BCUT2D eigenvalue weighted by Gasteiger charge is -2.18. The molecule has 174 valence electrons. The normalized spacial score (nSPS) is 14.3. The first-order valence-corrected chi connectivity index (χ1v) is 11.6. The molecule has 34 heavy (non-hydrogen) atoms. The van der Waals surface area contributed by atoms with E-state index in [-0.39, 0.29) is 29.1 Å². The largest absolute Gasteiger partial charge is 0.382 e. The number of hydrogen-bond acceptors (Lipinski definition) is 4. The van der Waals surface area contributed by atoms with Crippen molar-refractivity contribution in [3.05, 3.63) is 92.5 Å². The van der Waals surface area contributed by atoms with Gasteiger partial charge in [0, 0.05) is 17.7 Å². The third-order valence-corrected chi connectivity index (χ3v) is 6.60. The molecule has 1 atom stereocenters. The Hall–Kier alpha value is -3.42. The Bertz CT molecular complexity index is 1420. The zero-order chi connectivity index (χ0) is 23.8. The molecule has 4 aromatic rings. The van der Waals surface area contributed by atoms with Crippen molar-refractivity contribution in [3.8, 4) is 11.3 Å². The van der Waals surface area contributed by atoms with E-state index in [0.717, 1.165) is 29.5 Å². The van der Waals surface area contributed by atoms with E-state index in [1.807, 2.05) is 49.4 Å². The van der Waals surface area contributed by atoms with Crippen LogP contribution in [0.4, 0.5) is 0 Å². The topological polar surface area (TPSA) is 88.5 Å². The number of fused-ring (bicyclic) bond motifs is 1. The summed E-state index contributed by atoms with van der Waals surface area (Å²) in [5, 5.41) is 8.29. The van der Waals surface area contributed by atoms with Gasteiger partial charge in [-0.05, 0) is 54.5 Å². The molecular formula is C26H25ClN4O3. The molecule has 2 heterocycles. The molecular weight excluding hydrogens is 452 g/mol. The first-order valence-electron chi connectivity index (χ1n) is 11.2. The quantitative estimate of drug-likeness (QED) is 0.406. The molecule has 0 aliphatic heterocycles. The Morgan fingerprint density at radius 1 is 1.26 bits per heavy atom. The maximum Gasteiger partial charge on any atom is 0.274 e. The van der Waals surface area contributed by atoms with Gasteiger partial charge in [-0.3, -0.25) is 9.59 Å². The third-order valence-electron chi connectivity index (χ3n) is 6.17. The lowest BCUT2D eigenvalue weighted by molar-refractivity contribution is 0.0890. The average Bonchev–Trinajstić information content (AvgIpc) is 3.60. The Kier molecular flexibility index (Phi) is 5.98. The highest BCUT2D eigenvalue weighted by Gasteiger charge is 2.35. The van der Waals surface area contributed by atoms with Gasteiger partial charge in [-0.15, -0.1) is 0 Å². The molecule has 1 saturated carbocycles. The number of benzene rings is 2. The smallest absolute Gasteiger partial charge is 0.274 e. The van der Waals surface area contributed by atoms with Crippen LogP contribution in [0.15, 0.2) is 59.5 Å². The number of aryl methyl sites for hydroxylation is 1. The van der Waals surface area contributed by atoms with E-state index in [1.165, 1.54) is 4.52 Å². The van der Waals surface area contributed by atoms with E-state index in [0.29, 0.717) is 28.4 Å². The van der Waals surface area contributed by atoms with E-state index < -0.39 is 0 Å². The van der Waals surface area contributed by atoms with Crippen LogP contribution in [0.25, 0.3) is 16.8 Å². The minimum Gasteiger partial charge on any atom is -0.382 e. The molecule has 0 bridgehead atoms. The first kappa shape index (κ1) is 22.4. The van der Waals surface area contributed by atoms with Crippen molar-refractivity contribution >= 4 is 23.0 Å². The van der Waals surface area contributed by atoms with Crippen LogP contribution in [0, 0.1) is 6.92 Å². The molecule has 1 aliphatic rings. The van der Waals surface area contributed by atoms with Crippen molar-refractivity contribution in [1.29, 1.82) is 0 Å². The fourth-order valence-electron chi connectivity index (χ4n) is 4.29. The number of nitrogens with zero attached hydrogens (tertiary/aromatic N) is 2. The zero-order valence-electron chi connectivity index (χ0n) is 19.0. The van der Waals surface area contributed by atoms with Gasteiger partial charge in [0.05, 0.1) is 24.5 Å². The predicted molar refractivity (Wildman–Crippen MR) is 131 cm³/mol. The number of carbonyl (C=O) groups is 1. The standard InChI is InChI=1S/C26H25ClN4O3/c1-15-12-18(10-11-19(15)27)20-13-31-24(26(33)28-20)22(17-8-9-17)23(30-31)25(32)29-21(14-34-2)16-6-4-3-5-7-16/h3-7,10-13,17,21H,8-9,14H2,1-2H3,(H,28,33)(H,29,32)/t21-/m1/s1. The first-order chi connectivity index (χ1) is 16.5. The Labute approximate surface area is 201 Å². The minimum absolute atomic E-state index is 0.153. The minimum atomic E-state index is -0.332. The highest BCUT2D eigenvalue weighted by atomic mass is 35.5. The number of nitrogens with one attached hydrogen (secondary N) is 2. The number of rotatable bonds is 7. The molecule has 0 radical (unpaired) electrons. The van der Waals surface area contributed by atoms with Gasteiger partial charge >= 0.3 is 0 Å². The number of amides is 1. The number of aromatic nitrogens is 3. The average molecular weight is 477 g/mol. The van der Waals surface area contributed by atoms with Crippen LogP contribution in [-0.4, -0.2) is 34.2 Å². The summed E-state index contributed by atoms with van der Waals surface area (Å²) in [6.45, 7) is 2.23. The van der Waals surface area contributed by atoms with Crippen molar-refractivity contribution < 1.29 is 9.53 Å². The van der Waals surface area contributed by atoms with Gasteiger partial charge in [0.25, 0.3) is 11.5 Å². The number of halogens is 1. The van der Waals surface area contributed by atoms with E-state index in [1.54, 1.807) is 19.4 Å². The van der Waals surface area contributed by atoms with Crippen molar-refractivity contribution in [2.45, 2.75) is 31.7 Å². The van der Waals surface area contributed by atoms with Crippen LogP contribution in [0.3, 0.4) is 0 Å². The Morgan fingerprint density at radius 3 is 2.71 bits per heavy atom. The van der Waals surface area contributed by atoms with Gasteiger partial charge in [0.15, 0.2) is 5.69 Å². The Morgan fingerprint density at radius 2 is 2.03 bits per heavy atom. The molecule has 0 spiro atoms. The molecule has 5 rings (SSSR count). The Balaban J connectivity index is 1.56. The summed E-state index contributed by atoms with van der Waals surface area (Å²) in [5.41, 5.74) is 4.42. The predicted octanol–water partition coefficient (Wildman–Crippen LogP) is 4.65. The molecule has 1 fully saturated rings. The second kappa shape index (κ2) is 9.08. The van der Waals surface area contributed by atoms with Crippen molar-refractivity contribution in [2.75, 3.05) is 13.7 Å². The lowest BCUT2D eigenvalue weighted by atomic mass is 10.1. The van der Waals surface area contributed by atoms with Gasteiger partial charge in [-0.25, -0.2) is 4.52 Å². The van der Waals surface area contributed by atoms with E-state index >= 15 is 0 Å². The monoisotopic (exact) mass is 476 g/mol. The summed E-state index contributed by atoms with van der Waals surface area (Å²) in [4.78, 5) is 29.5. The van der Waals surface area contributed by atoms with Crippen molar-refractivity contribution in [3.63, 3.8) is 0 Å². The number of ether oxygens (including phenoxy) is 1. The molecule has 0 saturated heterocycles. The van der Waals surface area contributed by atoms with Crippen molar-refractivity contribution in [2.24, 2.45) is 0 Å². The van der Waals surface area contributed by atoms with E-state index in [2.05, 4.69) is 15.4 Å². The fraction of sp³-hybridized carbons (Fsp3) is 0.269. The van der Waals surface area contributed by atoms with Gasteiger partial charge < -0.3 is 15.0 Å². The molecule has 7 nitrogen and oxygen atoms in total. The van der Waals surface area contributed by atoms with Crippen LogP contribution in [0.5, 0.6) is 0 Å². The molecule has 2 aromatic carbocycles. The zero-order valence-corrected chi connectivity index (χ0v) is 19.7. The highest BCUT2D eigenvalue weighted by Crippen LogP contribution is 2.43. The van der Waals surface area contributed by atoms with Gasteiger partial charge in [-0.2, -0.15) is 5.10 Å². The second-order valence-corrected chi connectivity index (χ2v) is 9.09.